The standard InChI is InChI=1S/C19H20ClN5/c1-12-8-13(2)18(14(3)9-12)23-17-11-22-25-19(24-17)21-10-15-4-6-16(20)7-5-15/h4-9,11H,10H2,1-3H3,(H2,21,23,24,25). The minimum atomic E-state index is 0.474. The van der Waals surface area contributed by atoms with Gasteiger partial charge < -0.3 is 10.6 Å². The third-order valence-corrected chi connectivity index (χ3v) is 4.10. The summed E-state index contributed by atoms with van der Waals surface area (Å²) in [6, 6.07) is 11.9. The Bertz CT molecular complexity index is 854. The van der Waals surface area contributed by atoms with Gasteiger partial charge in [0.15, 0.2) is 5.82 Å². The quantitative estimate of drug-likeness (QED) is 0.689. The van der Waals surface area contributed by atoms with Gasteiger partial charge in [-0.1, -0.05) is 41.4 Å². The molecule has 0 amide bonds. The molecule has 3 rings (SSSR count). The van der Waals surface area contributed by atoms with Gasteiger partial charge in [0.1, 0.15) is 0 Å². The van der Waals surface area contributed by atoms with Crippen molar-refractivity contribution in [3.05, 3.63) is 69.9 Å². The van der Waals surface area contributed by atoms with Crippen LogP contribution in [0, 0.1) is 20.8 Å². The van der Waals surface area contributed by atoms with Gasteiger partial charge in [0.25, 0.3) is 0 Å². The molecule has 2 N–H and O–H groups in total. The van der Waals surface area contributed by atoms with E-state index < -0.39 is 0 Å². The molecule has 0 saturated carbocycles. The van der Waals surface area contributed by atoms with E-state index in [9.17, 15) is 0 Å². The highest BCUT2D eigenvalue weighted by atomic mass is 35.5. The zero-order valence-electron chi connectivity index (χ0n) is 14.5. The van der Waals surface area contributed by atoms with Crippen LogP contribution in [0.1, 0.15) is 22.3 Å². The van der Waals surface area contributed by atoms with E-state index in [0.29, 0.717) is 18.3 Å². The van der Waals surface area contributed by atoms with Gasteiger partial charge in [-0.15, -0.1) is 5.10 Å². The van der Waals surface area contributed by atoms with E-state index in [1.54, 1.807) is 6.20 Å². The molecule has 6 heteroatoms. The number of anilines is 3. The molecule has 0 spiro atoms. The van der Waals surface area contributed by atoms with Crippen LogP contribution in [0.15, 0.2) is 42.6 Å². The molecule has 0 saturated heterocycles. The largest absolute Gasteiger partial charge is 0.349 e. The molecule has 0 aliphatic heterocycles. The summed E-state index contributed by atoms with van der Waals surface area (Å²) in [7, 11) is 0. The average molecular weight is 354 g/mol. The molecule has 0 aliphatic carbocycles. The highest BCUT2D eigenvalue weighted by molar-refractivity contribution is 6.30. The number of rotatable bonds is 5. The predicted molar refractivity (Wildman–Crippen MR) is 103 cm³/mol. The number of nitrogens with one attached hydrogen (secondary N) is 2. The van der Waals surface area contributed by atoms with E-state index in [1.165, 1.54) is 16.7 Å². The van der Waals surface area contributed by atoms with E-state index in [0.717, 1.165) is 16.3 Å². The smallest absolute Gasteiger partial charge is 0.244 e. The van der Waals surface area contributed by atoms with E-state index in [-0.39, 0.29) is 0 Å². The Kier molecular flexibility index (Phi) is 5.14. The second-order valence-electron chi connectivity index (χ2n) is 6.04. The van der Waals surface area contributed by atoms with E-state index in [1.807, 2.05) is 24.3 Å². The number of nitrogens with zero attached hydrogens (tertiary/aromatic N) is 3. The zero-order valence-corrected chi connectivity index (χ0v) is 15.2. The van der Waals surface area contributed by atoms with Gasteiger partial charge >= 0.3 is 0 Å². The van der Waals surface area contributed by atoms with Gasteiger partial charge in [0.2, 0.25) is 5.95 Å². The maximum atomic E-state index is 5.90. The summed E-state index contributed by atoms with van der Waals surface area (Å²) in [6.45, 7) is 6.85. The molecule has 1 heterocycles. The Hall–Kier alpha value is -2.66. The van der Waals surface area contributed by atoms with Crippen LogP contribution in [0.2, 0.25) is 5.02 Å². The van der Waals surface area contributed by atoms with E-state index in [4.69, 9.17) is 11.6 Å². The van der Waals surface area contributed by atoms with Crippen molar-refractivity contribution in [2.75, 3.05) is 10.6 Å². The number of halogens is 1. The molecule has 25 heavy (non-hydrogen) atoms. The lowest BCUT2D eigenvalue weighted by Crippen LogP contribution is -2.07. The number of benzene rings is 2. The Labute approximate surface area is 152 Å². The maximum absolute atomic E-state index is 5.90. The summed E-state index contributed by atoms with van der Waals surface area (Å²) < 4.78 is 0. The van der Waals surface area contributed by atoms with Crippen molar-refractivity contribution in [1.29, 1.82) is 0 Å². The average Bonchev–Trinajstić information content (AvgIpc) is 2.58. The Morgan fingerprint density at radius 1 is 1.00 bits per heavy atom. The van der Waals surface area contributed by atoms with Gasteiger partial charge in [0.05, 0.1) is 6.20 Å². The predicted octanol–water partition coefficient (Wildman–Crippen LogP) is 4.81. The summed E-state index contributed by atoms with van der Waals surface area (Å²) in [4.78, 5) is 4.48. The lowest BCUT2D eigenvalue weighted by atomic mass is 10.1. The van der Waals surface area contributed by atoms with Crippen molar-refractivity contribution in [3.8, 4) is 0 Å². The van der Waals surface area contributed by atoms with Crippen LogP contribution in [-0.4, -0.2) is 15.2 Å². The highest BCUT2D eigenvalue weighted by Crippen LogP contribution is 2.25. The molecule has 0 aliphatic rings. The topological polar surface area (TPSA) is 62.7 Å². The van der Waals surface area contributed by atoms with Gasteiger partial charge in [-0.05, 0) is 49.6 Å². The molecule has 128 valence electrons. The minimum Gasteiger partial charge on any atom is -0.349 e. The molecular formula is C19H20ClN5. The molecule has 5 nitrogen and oxygen atoms in total. The van der Waals surface area contributed by atoms with Crippen LogP contribution in [0.25, 0.3) is 0 Å². The summed E-state index contributed by atoms with van der Waals surface area (Å²) >= 11 is 5.90. The molecule has 0 bridgehead atoms. The van der Waals surface area contributed by atoms with Crippen molar-refractivity contribution in [3.63, 3.8) is 0 Å². The van der Waals surface area contributed by atoms with Gasteiger partial charge in [0, 0.05) is 17.3 Å². The molecule has 0 fully saturated rings. The van der Waals surface area contributed by atoms with Crippen LogP contribution in [0.5, 0.6) is 0 Å². The fourth-order valence-electron chi connectivity index (χ4n) is 2.73. The lowest BCUT2D eigenvalue weighted by Gasteiger charge is -2.13. The second-order valence-corrected chi connectivity index (χ2v) is 6.48. The van der Waals surface area contributed by atoms with Crippen LogP contribution >= 0.6 is 11.6 Å². The number of aromatic nitrogens is 3. The Morgan fingerprint density at radius 2 is 1.68 bits per heavy atom. The van der Waals surface area contributed by atoms with Crippen molar-refractivity contribution in [1.82, 2.24) is 15.2 Å². The first-order valence-electron chi connectivity index (χ1n) is 8.04. The fraction of sp³-hybridized carbons (Fsp3) is 0.211. The Morgan fingerprint density at radius 3 is 2.36 bits per heavy atom. The molecule has 0 atom stereocenters. The second kappa shape index (κ2) is 7.49. The van der Waals surface area contributed by atoms with Crippen molar-refractivity contribution in [2.45, 2.75) is 27.3 Å². The summed E-state index contributed by atoms with van der Waals surface area (Å²) in [5.74, 6) is 1.13. The molecule has 0 radical (unpaired) electrons. The highest BCUT2D eigenvalue weighted by Gasteiger charge is 2.07. The third-order valence-electron chi connectivity index (χ3n) is 3.85. The monoisotopic (exact) mass is 353 g/mol. The summed E-state index contributed by atoms with van der Waals surface area (Å²) in [5, 5.41) is 15.3. The minimum absolute atomic E-state index is 0.474. The lowest BCUT2D eigenvalue weighted by molar-refractivity contribution is 0.948. The van der Waals surface area contributed by atoms with Crippen LogP contribution in [0.3, 0.4) is 0 Å². The summed E-state index contributed by atoms with van der Waals surface area (Å²) in [6.07, 6.45) is 1.62. The van der Waals surface area contributed by atoms with Crippen molar-refractivity contribution >= 4 is 29.1 Å². The van der Waals surface area contributed by atoms with E-state index >= 15 is 0 Å². The number of hydrogen-bond acceptors (Lipinski definition) is 5. The van der Waals surface area contributed by atoms with Gasteiger partial charge in [-0.25, -0.2) is 0 Å². The maximum Gasteiger partial charge on any atom is 0.244 e. The third kappa shape index (κ3) is 4.45. The molecule has 0 unspecified atom stereocenters. The number of hydrogen-bond donors (Lipinski definition) is 2. The molecule has 1 aromatic heterocycles. The van der Waals surface area contributed by atoms with Gasteiger partial charge in [-0.3, -0.25) is 0 Å². The fourth-order valence-corrected chi connectivity index (χ4v) is 2.85. The van der Waals surface area contributed by atoms with Crippen molar-refractivity contribution < 1.29 is 0 Å². The normalized spacial score (nSPS) is 10.6. The molecular weight excluding hydrogens is 334 g/mol. The first kappa shape index (κ1) is 17.2. The first-order valence-corrected chi connectivity index (χ1v) is 8.42. The first-order chi connectivity index (χ1) is 12.0. The van der Waals surface area contributed by atoms with E-state index in [2.05, 4.69) is 58.7 Å². The van der Waals surface area contributed by atoms with Crippen LogP contribution in [-0.2, 0) is 6.54 Å². The SMILES string of the molecule is Cc1cc(C)c(Nc2cnnc(NCc3ccc(Cl)cc3)n2)c(C)c1. The Balaban J connectivity index is 1.72. The summed E-state index contributed by atoms with van der Waals surface area (Å²) in [5.41, 5.74) is 5.73. The molecule has 3 aromatic rings. The van der Waals surface area contributed by atoms with Gasteiger partial charge in [-0.2, -0.15) is 10.1 Å². The molecule has 2 aromatic carbocycles. The zero-order chi connectivity index (χ0) is 17.8. The van der Waals surface area contributed by atoms with Crippen LogP contribution in [0.4, 0.5) is 17.5 Å². The van der Waals surface area contributed by atoms with Crippen molar-refractivity contribution in [2.24, 2.45) is 0 Å². The number of aryl methyl sites for hydroxylation is 3. The van der Waals surface area contributed by atoms with Crippen LogP contribution < -0.4 is 10.6 Å².